The number of anilines is 1. The number of carbonyl (C=O) groups is 2. The van der Waals surface area contributed by atoms with E-state index in [1.54, 1.807) is 6.07 Å². The average Bonchev–Trinajstić information content (AvgIpc) is 2.74. The molecule has 0 atom stereocenters. The molecule has 98 valence electrons. The van der Waals surface area contributed by atoms with Crippen molar-refractivity contribution in [2.24, 2.45) is 7.05 Å². The molecule has 2 rings (SSSR count). The van der Waals surface area contributed by atoms with Gasteiger partial charge in [-0.1, -0.05) is 11.6 Å². The smallest absolute Gasteiger partial charge is 0.339 e. The van der Waals surface area contributed by atoms with Crippen LogP contribution in [0.2, 0.25) is 5.02 Å². The van der Waals surface area contributed by atoms with Crippen molar-refractivity contribution in [3.8, 4) is 0 Å². The number of hydrogen-bond acceptors (Lipinski definition) is 4. The van der Waals surface area contributed by atoms with Gasteiger partial charge in [0.25, 0.3) is 5.91 Å². The van der Waals surface area contributed by atoms with Gasteiger partial charge in [-0.3, -0.25) is 9.48 Å². The van der Waals surface area contributed by atoms with Crippen molar-refractivity contribution in [3.05, 3.63) is 40.8 Å². The van der Waals surface area contributed by atoms with E-state index in [0.717, 1.165) is 0 Å². The fourth-order valence-electron chi connectivity index (χ4n) is 1.44. The fraction of sp³-hybridized carbons (Fsp3) is 0.0909. The average molecular weight is 281 g/mol. The summed E-state index contributed by atoms with van der Waals surface area (Å²) in [6.45, 7) is 0. The molecular formula is C11H9ClN4O3. The highest BCUT2D eigenvalue weighted by atomic mass is 35.5. The second kappa shape index (κ2) is 5.07. The third-order valence-electron chi connectivity index (χ3n) is 2.24. The highest BCUT2D eigenvalue weighted by Gasteiger charge is 2.21. The van der Waals surface area contributed by atoms with Crippen LogP contribution in [0, 0.1) is 0 Å². The third kappa shape index (κ3) is 2.89. The Balaban J connectivity index is 2.25. The lowest BCUT2D eigenvalue weighted by Crippen LogP contribution is -2.17. The van der Waals surface area contributed by atoms with E-state index in [4.69, 9.17) is 16.7 Å². The van der Waals surface area contributed by atoms with Crippen LogP contribution in [0.1, 0.15) is 20.8 Å². The molecule has 0 saturated carbocycles. The van der Waals surface area contributed by atoms with Crippen LogP contribution >= 0.6 is 11.6 Å². The zero-order valence-corrected chi connectivity index (χ0v) is 10.5. The van der Waals surface area contributed by atoms with Crippen molar-refractivity contribution in [1.29, 1.82) is 0 Å². The molecule has 2 aromatic rings. The maximum atomic E-state index is 11.9. The minimum Gasteiger partial charge on any atom is -0.478 e. The van der Waals surface area contributed by atoms with Gasteiger partial charge >= 0.3 is 5.97 Å². The highest BCUT2D eigenvalue weighted by Crippen LogP contribution is 2.12. The van der Waals surface area contributed by atoms with Crippen LogP contribution < -0.4 is 5.32 Å². The molecule has 19 heavy (non-hydrogen) atoms. The molecule has 2 heterocycles. The van der Waals surface area contributed by atoms with E-state index in [2.05, 4.69) is 15.4 Å². The number of rotatable bonds is 3. The zero-order valence-electron chi connectivity index (χ0n) is 9.79. The van der Waals surface area contributed by atoms with Crippen LogP contribution in [0.4, 0.5) is 5.82 Å². The van der Waals surface area contributed by atoms with Crippen molar-refractivity contribution < 1.29 is 14.7 Å². The summed E-state index contributed by atoms with van der Waals surface area (Å²) in [4.78, 5) is 26.8. The Labute approximate surface area is 112 Å². The highest BCUT2D eigenvalue weighted by molar-refractivity contribution is 6.30. The maximum Gasteiger partial charge on any atom is 0.339 e. The molecule has 0 spiro atoms. The summed E-state index contributed by atoms with van der Waals surface area (Å²) in [5.74, 6) is -1.61. The van der Waals surface area contributed by atoms with Crippen LogP contribution in [0.15, 0.2) is 24.5 Å². The lowest BCUT2D eigenvalue weighted by molar-refractivity contribution is 0.0692. The van der Waals surface area contributed by atoms with Crippen molar-refractivity contribution in [2.45, 2.75) is 0 Å². The molecule has 0 aliphatic heterocycles. The number of hydrogen-bond donors (Lipinski definition) is 2. The monoisotopic (exact) mass is 280 g/mol. The van der Waals surface area contributed by atoms with Crippen molar-refractivity contribution in [1.82, 2.24) is 14.8 Å². The van der Waals surface area contributed by atoms with Crippen LogP contribution in [-0.4, -0.2) is 31.7 Å². The Kier molecular flexibility index (Phi) is 3.48. The number of aryl methyl sites for hydroxylation is 1. The van der Waals surface area contributed by atoms with Crippen LogP contribution in [0.25, 0.3) is 0 Å². The largest absolute Gasteiger partial charge is 0.478 e. The molecule has 0 unspecified atom stereocenters. The zero-order chi connectivity index (χ0) is 14.0. The van der Waals surface area contributed by atoms with Crippen LogP contribution in [-0.2, 0) is 7.05 Å². The first-order valence-electron chi connectivity index (χ1n) is 5.17. The van der Waals surface area contributed by atoms with E-state index in [-0.39, 0.29) is 17.1 Å². The van der Waals surface area contributed by atoms with E-state index in [9.17, 15) is 9.59 Å². The number of aromatic nitrogens is 3. The van der Waals surface area contributed by atoms with E-state index >= 15 is 0 Å². The predicted molar refractivity (Wildman–Crippen MR) is 67.4 cm³/mol. The fourth-order valence-corrected chi connectivity index (χ4v) is 1.55. The van der Waals surface area contributed by atoms with Crippen LogP contribution in [0.3, 0.4) is 0 Å². The summed E-state index contributed by atoms with van der Waals surface area (Å²) in [5, 5.41) is 15.7. The predicted octanol–water partition coefficient (Wildman–Crippen LogP) is 1.42. The second-order valence-corrected chi connectivity index (χ2v) is 4.12. The quantitative estimate of drug-likeness (QED) is 0.886. The first-order chi connectivity index (χ1) is 8.97. The summed E-state index contributed by atoms with van der Waals surface area (Å²) < 4.78 is 1.26. The van der Waals surface area contributed by atoms with Crippen LogP contribution in [0.5, 0.6) is 0 Å². The number of carboxylic acids is 1. The molecule has 7 nitrogen and oxygen atoms in total. The number of amides is 1. The Morgan fingerprint density at radius 3 is 2.74 bits per heavy atom. The Hall–Kier alpha value is -2.41. The topological polar surface area (TPSA) is 97.1 Å². The molecule has 0 fully saturated rings. The van der Waals surface area contributed by atoms with Gasteiger partial charge in [0.2, 0.25) is 0 Å². The summed E-state index contributed by atoms with van der Waals surface area (Å²) in [5.41, 5.74) is -0.347. The standard InChI is InChI=1S/C11H9ClN4O3/c1-16-5-7(11(18)19)9(15-16)10(17)14-8-3-2-6(12)4-13-8/h2-5H,1H3,(H,18,19)(H,13,14,17). The van der Waals surface area contributed by atoms with Gasteiger partial charge in [-0.05, 0) is 12.1 Å². The molecule has 0 aliphatic carbocycles. The van der Waals surface area contributed by atoms with Gasteiger partial charge in [0.15, 0.2) is 5.69 Å². The molecule has 2 N–H and O–H groups in total. The van der Waals surface area contributed by atoms with Gasteiger partial charge in [0.05, 0.1) is 5.02 Å². The Bertz CT molecular complexity index is 636. The third-order valence-corrected chi connectivity index (χ3v) is 2.47. The summed E-state index contributed by atoms with van der Waals surface area (Å²) in [6.07, 6.45) is 2.63. The van der Waals surface area contributed by atoms with Crippen molar-refractivity contribution in [3.63, 3.8) is 0 Å². The number of pyridine rings is 1. The van der Waals surface area contributed by atoms with Gasteiger partial charge in [-0.15, -0.1) is 0 Å². The molecule has 0 bridgehead atoms. The van der Waals surface area contributed by atoms with E-state index in [1.165, 1.54) is 30.2 Å². The Morgan fingerprint density at radius 2 is 2.16 bits per heavy atom. The number of carboxylic acid groups (broad SMARTS) is 1. The number of nitrogens with one attached hydrogen (secondary N) is 1. The number of nitrogens with zero attached hydrogens (tertiary/aromatic N) is 3. The number of aromatic carboxylic acids is 1. The number of carbonyl (C=O) groups excluding carboxylic acids is 1. The molecule has 0 saturated heterocycles. The van der Waals surface area contributed by atoms with Gasteiger partial charge in [-0.25, -0.2) is 9.78 Å². The summed E-state index contributed by atoms with van der Waals surface area (Å²) in [6, 6.07) is 3.06. The summed E-state index contributed by atoms with van der Waals surface area (Å²) >= 11 is 5.67. The number of halogens is 1. The Morgan fingerprint density at radius 1 is 1.42 bits per heavy atom. The van der Waals surface area contributed by atoms with Gasteiger partial charge in [0, 0.05) is 19.4 Å². The van der Waals surface area contributed by atoms with E-state index < -0.39 is 11.9 Å². The normalized spacial score (nSPS) is 10.2. The SMILES string of the molecule is Cn1cc(C(=O)O)c(C(=O)Nc2ccc(Cl)cn2)n1. The molecular weight excluding hydrogens is 272 g/mol. The van der Waals surface area contributed by atoms with Crippen molar-refractivity contribution in [2.75, 3.05) is 5.32 Å². The molecule has 0 aromatic carbocycles. The lowest BCUT2D eigenvalue weighted by Gasteiger charge is -2.02. The van der Waals surface area contributed by atoms with E-state index in [0.29, 0.717) is 5.02 Å². The van der Waals surface area contributed by atoms with Gasteiger partial charge in [-0.2, -0.15) is 5.10 Å². The minimum absolute atomic E-state index is 0.172. The molecule has 8 heteroatoms. The molecule has 2 aromatic heterocycles. The minimum atomic E-state index is -1.22. The maximum absolute atomic E-state index is 11.9. The first-order valence-corrected chi connectivity index (χ1v) is 5.55. The summed E-state index contributed by atoms with van der Waals surface area (Å²) in [7, 11) is 1.53. The lowest BCUT2D eigenvalue weighted by atomic mass is 10.2. The molecule has 1 amide bonds. The van der Waals surface area contributed by atoms with E-state index in [1.807, 2.05) is 0 Å². The molecule has 0 radical (unpaired) electrons. The van der Waals surface area contributed by atoms with Gasteiger partial charge < -0.3 is 10.4 Å². The van der Waals surface area contributed by atoms with Gasteiger partial charge in [0.1, 0.15) is 11.4 Å². The second-order valence-electron chi connectivity index (χ2n) is 3.69. The first kappa shape index (κ1) is 13.0. The molecule has 0 aliphatic rings. The van der Waals surface area contributed by atoms with Crippen molar-refractivity contribution >= 4 is 29.3 Å².